The normalized spacial score (nSPS) is 14.2. The number of carbonyl (C=O) groups is 1. The van der Waals surface area contributed by atoms with Crippen molar-refractivity contribution in [2.24, 2.45) is 11.3 Å². The van der Waals surface area contributed by atoms with Crippen LogP contribution in [0.2, 0.25) is 0 Å². The number of fused-ring (bicyclic) bond motifs is 1. The van der Waals surface area contributed by atoms with Gasteiger partial charge in [-0.25, -0.2) is 14.8 Å². The molecule has 204 valence electrons. The van der Waals surface area contributed by atoms with Gasteiger partial charge in [-0.3, -0.25) is 13.9 Å². The van der Waals surface area contributed by atoms with Crippen molar-refractivity contribution in [1.29, 1.82) is 5.26 Å². The summed E-state index contributed by atoms with van der Waals surface area (Å²) in [5.41, 5.74) is 6.56. The summed E-state index contributed by atoms with van der Waals surface area (Å²) in [5, 5.41) is 19.0. The van der Waals surface area contributed by atoms with Crippen LogP contribution in [0.4, 0.5) is 5.82 Å². The van der Waals surface area contributed by atoms with E-state index in [-0.39, 0.29) is 35.5 Å². The van der Waals surface area contributed by atoms with Crippen molar-refractivity contribution in [3.8, 4) is 23.3 Å². The van der Waals surface area contributed by atoms with Crippen LogP contribution < -0.4 is 16.2 Å². The summed E-state index contributed by atoms with van der Waals surface area (Å²) in [6, 6.07) is 18.4. The molecule has 1 amide bonds. The number of anilines is 1. The van der Waals surface area contributed by atoms with Crippen molar-refractivity contribution >= 4 is 22.9 Å². The first-order chi connectivity index (χ1) is 19.2. The van der Waals surface area contributed by atoms with Crippen LogP contribution in [0.5, 0.6) is 11.5 Å². The predicted molar refractivity (Wildman–Crippen MR) is 149 cm³/mol. The molecule has 0 aliphatic carbocycles. The Balaban J connectivity index is 1.38. The fourth-order valence-electron chi connectivity index (χ4n) is 4.65. The van der Waals surface area contributed by atoms with E-state index in [0.717, 1.165) is 0 Å². The Hall–Kier alpha value is -4.95. The Bertz CT molecular complexity index is 1680. The number of benzene rings is 2. The first kappa shape index (κ1) is 26.6. The molecule has 1 aliphatic heterocycles. The maximum atomic E-state index is 13.7. The molecule has 1 fully saturated rings. The number of nitrogen functional groups attached to an aromatic ring is 1. The van der Waals surface area contributed by atoms with Crippen molar-refractivity contribution in [1.82, 2.24) is 24.0 Å². The van der Waals surface area contributed by atoms with Crippen molar-refractivity contribution in [2.45, 2.75) is 20.4 Å². The van der Waals surface area contributed by atoms with Gasteiger partial charge in [0, 0.05) is 31.0 Å². The zero-order chi connectivity index (χ0) is 28.4. The van der Waals surface area contributed by atoms with Crippen molar-refractivity contribution in [3.63, 3.8) is 0 Å². The topological polar surface area (TPSA) is 152 Å². The molecule has 2 aromatic carbocycles. The molecule has 1 saturated heterocycles. The minimum atomic E-state index is -0.689. The van der Waals surface area contributed by atoms with Gasteiger partial charge >= 0.3 is 5.69 Å². The third-order valence-corrected chi connectivity index (χ3v) is 6.79. The number of aromatic nitrogens is 4. The first-order valence-electron chi connectivity index (χ1n) is 12.8. The third kappa shape index (κ3) is 5.17. The lowest BCUT2D eigenvalue weighted by Gasteiger charge is -2.39. The molecular weight excluding hydrogens is 510 g/mol. The smallest absolute Gasteiger partial charge is 0.335 e. The molecule has 5 rings (SSSR count). The van der Waals surface area contributed by atoms with Crippen molar-refractivity contribution in [3.05, 3.63) is 83.1 Å². The molecule has 3 N–H and O–H groups in total. The van der Waals surface area contributed by atoms with E-state index in [2.05, 4.69) is 9.97 Å². The number of aliphatic hydroxyl groups is 1. The van der Waals surface area contributed by atoms with Gasteiger partial charge in [-0.05, 0) is 36.4 Å². The standard InChI is InChI=1S/C29H29N7O4/c1-29(2,17-37)12-20(13-30)27(38)34-14-19(15-34)16-35-26-24(25(31)32-18-33-26)36(28(35)39)21-8-10-23(11-9-21)40-22-6-4-3-5-7-22/h3-12,18-19,37H,14-17H2,1-2H3,(H2,31,32,33)/b20-12-. The summed E-state index contributed by atoms with van der Waals surface area (Å²) >= 11 is 0. The Morgan fingerprint density at radius 2 is 1.82 bits per heavy atom. The van der Waals surface area contributed by atoms with Crippen LogP contribution in [0.15, 0.2) is 77.4 Å². The highest BCUT2D eigenvalue weighted by Crippen LogP contribution is 2.27. The predicted octanol–water partition coefficient (Wildman–Crippen LogP) is 2.88. The van der Waals surface area contributed by atoms with Crippen LogP contribution in [-0.2, 0) is 11.3 Å². The number of rotatable bonds is 8. The highest BCUT2D eigenvalue weighted by atomic mass is 16.5. The maximum absolute atomic E-state index is 13.7. The van der Waals surface area contributed by atoms with Gasteiger partial charge in [0.25, 0.3) is 5.91 Å². The number of nitrogens with two attached hydrogens (primary N) is 1. The van der Waals surface area contributed by atoms with E-state index in [0.29, 0.717) is 48.0 Å². The Morgan fingerprint density at radius 1 is 1.15 bits per heavy atom. The lowest BCUT2D eigenvalue weighted by atomic mass is 9.91. The number of aliphatic hydroxyl groups excluding tert-OH is 1. The second kappa shape index (κ2) is 10.7. The van der Waals surface area contributed by atoms with Crippen molar-refractivity contribution < 1.29 is 14.6 Å². The van der Waals surface area contributed by atoms with Gasteiger partial charge < -0.3 is 20.5 Å². The molecule has 0 spiro atoms. The quantitative estimate of drug-likeness (QED) is 0.256. The largest absolute Gasteiger partial charge is 0.457 e. The SMILES string of the molecule is CC(C)(/C=C(/C#N)C(=O)N1CC(Cn2c(=O)n(-c3ccc(Oc4ccccc4)cc3)c3c(N)ncnc32)C1)CO. The third-order valence-electron chi connectivity index (χ3n) is 6.79. The molecule has 0 saturated carbocycles. The van der Waals surface area contributed by atoms with Gasteiger partial charge in [-0.2, -0.15) is 5.26 Å². The summed E-state index contributed by atoms with van der Waals surface area (Å²) in [7, 11) is 0. The molecule has 3 heterocycles. The summed E-state index contributed by atoms with van der Waals surface area (Å²) in [6.07, 6.45) is 2.81. The first-order valence-corrected chi connectivity index (χ1v) is 12.8. The lowest BCUT2D eigenvalue weighted by molar-refractivity contribution is -0.133. The van der Waals surface area contributed by atoms with Crippen molar-refractivity contribution in [2.75, 3.05) is 25.4 Å². The summed E-state index contributed by atoms with van der Waals surface area (Å²) < 4.78 is 8.89. The second-order valence-corrected chi connectivity index (χ2v) is 10.5. The van der Waals surface area contributed by atoms with E-state index in [9.17, 15) is 20.0 Å². The number of nitriles is 1. The molecule has 1 aliphatic rings. The van der Waals surface area contributed by atoms with E-state index < -0.39 is 5.41 Å². The van der Waals surface area contributed by atoms with E-state index >= 15 is 0 Å². The molecule has 0 bridgehead atoms. The van der Waals surface area contributed by atoms with Crippen LogP contribution in [0.3, 0.4) is 0 Å². The zero-order valence-electron chi connectivity index (χ0n) is 22.2. The number of carbonyl (C=O) groups excluding carboxylic acids is 1. The molecule has 0 radical (unpaired) electrons. The molecule has 2 aromatic heterocycles. The zero-order valence-corrected chi connectivity index (χ0v) is 22.2. The van der Waals surface area contributed by atoms with E-state index in [1.165, 1.54) is 17.0 Å². The molecular formula is C29H29N7O4. The van der Waals surface area contributed by atoms with E-state index in [1.54, 1.807) is 47.6 Å². The van der Waals surface area contributed by atoms with Gasteiger partial charge in [0.15, 0.2) is 11.5 Å². The minimum Gasteiger partial charge on any atom is -0.457 e. The van der Waals surface area contributed by atoms with E-state index in [4.69, 9.17) is 10.5 Å². The van der Waals surface area contributed by atoms with Gasteiger partial charge in [-0.15, -0.1) is 0 Å². The molecule has 0 atom stereocenters. The summed E-state index contributed by atoms with van der Waals surface area (Å²) in [4.78, 5) is 36.5. The van der Waals surface area contributed by atoms with Crippen LogP contribution in [0.25, 0.3) is 16.9 Å². The Labute approximate surface area is 230 Å². The molecule has 11 heteroatoms. The molecule has 40 heavy (non-hydrogen) atoms. The highest BCUT2D eigenvalue weighted by Gasteiger charge is 2.34. The fraction of sp³-hybridized carbons (Fsp3) is 0.276. The van der Waals surface area contributed by atoms with Gasteiger partial charge in [0.2, 0.25) is 0 Å². The number of para-hydroxylation sites is 1. The number of hydrogen-bond acceptors (Lipinski definition) is 8. The van der Waals surface area contributed by atoms with Crippen LogP contribution in [-0.4, -0.2) is 54.7 Å². The lowest BCUT2D eigenvalue weighted by Crippen LogP contribution is -2.52. The monoisotopic (exact) mass is 539 g/mol. The van der Waals surface area contributed by atoms with Crippen LogP contribution >= 0.6 is 0 Å². The number of hydrogen-bond donors (Lipinski definition) is 2. The number of ether oxygens (including phenoxy) is 1. The number of amides is 1. The van der Waals surface area contributed by atoms with Crippen LogP contribution in [0, 0.1) is 22.7 Å². The summed E-state index contributed by atoms with van der Waals surface area (Å²) in [6.45, 7) is 4.37. The second-order valence-electron chi connectivity index (χ2n) is 10.5. The van der Waals surface area contributed by atoms with Gasteiger partial charge in [0.1, 0.15) is 35.0 Å². The van der Waals surface area contributed by atoms with Crippen LogP contribution in [0.1, 0.15) is 13.8 Å². The highest BCUT2D eigenvalue weighted by molar-refractivity contribution is 5.97. The van der Waals surface area contributed by atoms with E-state index in [1.807, 2.05) is 36.4 Å². The summed E-state index contributed by atoms with van der Waals surface area (Å²) in [5.74, 6) is 1.07. The number of imidazole rings is 1. The maximum Gasteiger partial charge on any atom is 0.335 e. The molecule has 0 unspecified atom stereocenters. The van der Waals surface area contributed by atoms with Gasteiger partial charge in [0.05, 0.1) is 12.3 Å². The average molecular weight is 540 g/mol. The Morgan fingerprint density at radius 3 is 2.48 bits per heavy atom. The van der Waals surface area contributed by atoms with Gasteiger partial charge in [-0.1, -0.05) is 38.1 Å². The molecule has 11 nitrogen and oxygen atoms in total. The Kier molecular flexibility index (Phi) is 7.11. The number of nitrogens with zero attached hydrogens (tertiary/aromatic N) is 6. The minimum absolute atomic E-state index is 0.00789. The average Bonchev–Trinajstić information content (AvgIpc) is 3.21. The fourth-order valence-corrected chi connectivity index (χ4v) is 4.65. The number of likely N-dealkylation sites (tertiary alicyclic amines) is 1. The molecule has 4 aromatic rings.